The van der Waals surface area contributed by atoms with E-state index in [2.05, 4.69) is 39.6 Å². The van der Waals surface area contributed by atoms with Gasteiger partial charge in [0.15, 0.2) is 0 Å². The van der Waals surface area contributed by atoms with Crippen molar-refractivity contribution in [2.24, 2.45) is 0 Å². The van der Waals surface area contributed by atoms with Gasteiger partial charge in [0, 0.05) is 30.9 Å². The van der Waals surface area contributed by atoms with E-state index in [1.165, 1.54) is 38.0 Å². The number of rotatable bonds is 5. The Bertz CT molecular complexity index is 565. The van der Waals surface area contributed by atoms with Gasteiger partial charge in [-0.15, -0.1) is 0 Å². The summed E-state index contributed by atoms with van der Waals surface area (Å²) in [4.78, 5) is 6.94. The summed E-state index contributed by atoms with van der Waals surface area (Å²) in [5.74, 6) is 0. The fraction of sp³-hybridized carbons (Fsp3) is 0.625. The lowest BCUT2D eigenvalue weighted by molar-refractivity contribution is 0.160. The Kier molecular flexibility index (Phi) is 4.39. The van der Waals surface area contributed by atoms with Crippen LogP contribution in [0.15, 0.2) is 24.9 Å². The van der Waals surface area contributed by atoms with Gasteiger partial charge >= 0.3 is 0 Å². The summed E-state index contributed by atoms with van der Waals surface area (Å²) in [5, 5.41) is 4.37. The highest BCUT2D eigenvalue weighted by Gasteiger charge is 2.18. The molecule has 114 valence electrons. The third-order valence-corrected chi connectivity index (χ3v) is 4.44. The molecular formula is C16H25N5. The molecule has 3 rings (SSSR count). The maximum absolute atomic E-state index is 4.37. The molecule has 0 radical (unpaired) electrons. The molecule has 2 aromatic rings. The average Bonchev–Trinajstić information content (AvgIpc) is 3.16. The first kappa shape index (κ1) is 14.3. The van der Waals surface area contributed by atoms with Crippen LogP contribution in [0, 0.1) is 0 Å². The zero-order valence-corrected chi connectivity index (χ0v) is 13.1. The van der Waals surface area contributed by atoms with Gasteiger partial charge in [-0.25, -0.2) is 4.98 Å². The molecule has 5 nitrogen and oxygen atoms in total. The monoisotopic (exact) mass is 287 g/mol. The Hall–Kier alpha value is -1.62. The molecule has 1 aliphatic rings. The first-order valence-corrected chi connectivity index (χ1v) is 8.05. The third kappa shape index (κ3) is 3.18. The number of hydrogen-bond acceptors (Lipinski definition) is 3. The highest BCUT2D eigenvalue weighted by molar-refractivity contribution is 5.56. The van der Waals surface area contributed by atoms with Crippen molar-refractivity contribution in [3.05, 3.63) is 24.9 Å². The topological polar surface area (TPSA) is 38.9 Å². The number of piperidine rings is 1. The highest BCUT2D eigenvalue weighted by Crippen LogP contribution is 2.20. The van der Waals surface area contributed by atoms with Crippen molar-refractivity contribution in [2.45, 2.75) is 52.2 Å². The van der Waals surface area contributed by atoms with Crippen molar-refractivity contribution in [1.29, 1.82) is 0 Å². The maximum Gasteiger partial charge on any atom is 0.0951 e. The summed E-state index contributed by atoms with van der Waals surface area (Å²) in [5.41, 5.74) is 2.32. The summed E-state index contributed by atoms with van der Waals surface area (Å²) in [6, 6.07) is 0.555. The minimum Gasteiger partial charge on any atom is -0.329 e. The lowest BCUT2D eigenvalue weighted by Gasteiger charge is -2.32. The van der Waals surface area contributed by atoms with Gasteiger partial charge in [-0.1, -0.05) is 6.42 Å². The molecule has 0 amide bonds. The zero-order valence-electron chi connectivity index (χ0n) is 13.1. The smallest absolute Gasteiger partial charge is 0.0951 e. The SMILES string of the molecule is CCn1cc(-c2cncn2C[C@H](C)N2CCCCC2)cn1. The number of aromatic nitrogens is 4. The molecule has 0 aliphatic carbocycles. The van der Waals surface area contributed by atoms with Gasteiger partial charge in [0.25, 0.3) is 0 Å². The van der Waals surface area contributed by atoms with Gasteiger partial charge < -0.3 is 4.57 Å². The summed E-state index contributed by atoms with van der Waals surface area (Å²) >= 11 is 0. The van der Waals surface area contributed by atoms with E-state index in [1.807, 2.05) is 23.4 Å². The molecule has 1 aliphatic heterocycles. The van der Waals surface area contributed by atoms with Crippen molar-refractivity contribution < 1.29 is 0 Å². The molecule has 0 bridgehead atoms. The molecule has 0 unspecified atom stereocenters. The van der Waals surface area contributed by atoms with E-state index in [0.29, 0.717) is 6.04 Å². The van der Waals surface area contributed by atoms with Crippen LogP contribution in [0.2, 0.25) is 0 Å². The molecule has 0 saturated carbocycles. The second-order valence-electron chi connectivity index (χ2n) is 5.96. The minimum atomic E-state index is 0.555. The van der Waals surface area contributed by atoms with E-state index in [4.69, 9.17) is 0 Å². The Morgan fingerprint density at radius 2 is 2.00 bits per heavy atom. The van der Waals surface area contributed by atoms with Crippen LogP contribution in [0.25, 0.3) is 11.3 Å². The molecular weight excluding hydrogens is 262 g/mol. The number of hydrogen-bond donors (Lipinski definition) is 0. The van der Waals surface area contributed by atoms with Crippen molar-refractivity contribution in [3.8, 4) is 11.3 Å². The van der Waals surface area contributed by atoms with Crippen LogP contribution in [0.3, 0.4) is 0 Å². The normalized spacial score (nSPS) is 18.0. The predicted molar refractivity (Wildman–Crippen MR) is 84.0 cm³/mol. The van der Waals surface area contributed by atoms with Crippen molar-refractivity contribution in [2.75, 3.05) is 13.1 Å². The Morgan fingerprint density at radius 1 is 1.19 bits per heavy atom. The van der Waals surface area contributed by atoms with Crippen molar-refractivity contribution >= 4 is 0 Å². The maximum atomic E-state index is 4.37. The number of aryl methyl sites for hydroxylation is 1. The molecule has 1 fully saturated rings. The lowest BCUT2D eigenvalue weighted by atomic mass is 10.1. The van der Waals surface area contributed by atoms with Crippen LogP contribution >= 0.6 is 0 Å². The molecule has 21 heavy (non-hydrogen) atoms. The second kappa shape index (κ2) is 6.43. The van der Waals surface area contributed by atoms with E-state index >= 15 is 0 Å². The number of nitrogens with zero attached hydrogens (tertiary/aromatic N) is 5. The Labute approximate surface area is 126 Å². The first-order valence-electron chi connectivity index (χ1n) is 8.05. The highest BCUT2D eigenvalue weighted by atomic mass is 15.3. The standard InChI is InChI=1S/C16H25N5/c1-3-21-12-15(9-18-21)16-10-17-13-20(16)11-14(2)19-7-5-4-6-8-19/h9-10,12-14H,3-8,11H2,1-2H3/t14-/m0/s1. The fourth-order valence-corrected chi connectivity index (χ4v) is 3.13. The van der Waals surface area contributed by atoms with Crippen LogP contribution in [0.1, 0.15) is 33.1 Å². The van der Waals surface area contributed by atoms with Crippen LogP contribution < -0.4 is 0 Å². The fourth-order valence-electron chi connectivity index (χ4n) is 3.13. The Balaban J connectivity index is 1.72. The van der Waals surface area contributed by atoms with E-state index in [-0.39, 0.29) is 0 Å². The quantitative estimate of drug-likeness (QED) is 0.848. The molecule has 0 aromatic carbocycles. The van der Waals surface area contributed by atoms with Gasteiger partial charge in [0.05, 0.1) is 24.4 Å². The number of likely N-dealkylation sites (tertiary alicyclic amines) is 1. The van der Waals surface area contributed by atoms with Crippen molar-refractivity contribution in [3.63, 3.8) is 0 Å². The van der Waals surface area contributed by atoms with Gasteiger partial charge in [-0.05, 0) is 39.8 Å². The average molecular weight is 287 g/mol. The van der Waals surface area contributed by atoms with Crippen LogP contribution in [0.5, 0.6) is 0 Å². The van der Waals surface area contributed by atoms with Crippen molar-refractivity contribution in [1.82, 2.24) is 24.2 Å². The summed E-state index contributed by atoms with van der Waals surface area (Å²) in [7, 11) is 0. The first-order chi connectivity index (χ1) is 10.3. The number of imidazole rings is 1. The van der Waals surface area contributed by atoms with E-state index in [0.717, 1.165) is 18.7 Å². The van der Waals surface area contributed by atoms with Crippen LogP contribution in [0.4, 0.5) is 0 Å². The predicted octanol–water partition coefficient (Wildman–Crippen LogP) is 2.64. The molecule has 1 saturated heterocycles. The van der Waals surface area contributed by atoms with E-state index in [1.54, 1.807) is 0 Å². The summed E-state index contributed by atoms with van der Waals surface area (Å²) in [6.07, 6.45) is 12.0. The molecule has 5 heteroatoms. The van der Waals surface area contributed by atoms with E-state index < -0.39 is 0 Å². The molecule has 3 heterocycles. The van der Waals surface area contributed by atoms with Gasteiger partial charge in [0.2, 0.25) is 0 Å². The van der Waals surface area contributed by atoms with E-state index in [9.17, 15) is 0 Å². The lowest BCUT2D eigenvalue weighted by Crippen LogP contribution is -2.39. The van der Waals surface area contributed by atoms with Gasteiger partial charge in [-0.3, -0.25) is 9.58 Å². The van der Waals surface area contributed by atoms with Gasteiger partial charge in [0.1, 0.15) is 0 Å². The van der Waals surface area contributed by atoms with Crippen LogP contribution in [-0.2, 0) is 13.1 Å². The van der Waals surface area contributed by atoms with Gasteiger partial charge in [-0.2, -0.15) is 5.10 Å². The minimum absolute atomic E-state index is 0.555. The second-order valence-corrected chi connectivity index (χ2v) is 5.96. The molecule has 0 spiro atoms. The zero-order chi connectivity index (χ0) is 14.7. The molecule has 2 aromatic heterocycles. The van der Waals surface area contributed by atoms with Crippen LogP contribution in [-0.4, -0.2) is 43.4 Å². The summed E-state index contributed by atoms with van der Waals surface area (Å²) in [6.45, 7) is 8.79. The molecule has 1 atom stereocenters. The third-order valence-electron chi connectivity index (χ3n) is 4.44. The largest absolute Gasteiger partial charge is 0.329 e. The molecule has 0 N–H and O–H groups in total. The Morgan fingerprint density at radius 3 is 2.71 bits per heavy atom. The summed E-state index contributed by atoms with van der Waals surface area (Å²) < 4.78 is 4.22.